The normalized spacial score (nSPS) is 18.0. The first-order valence-electron chi connectivity index (χ1n) is 6.61. The molecule has 0 atom stereocenters. The van der Waals surface area contributed by atoms with Gasteiger partial charge >= 0.3 is 0 Å². The van der Waals surface area contributed by atoms with E-state index < -0.39 is 0 Å². The molecule has 0 bridgehead atoms. The topological polar surface area (TPSA) is 66.0 Å². The zero-order valence-corrected chi connectivity index (χ0v) is 11.3. The van der Waals surface area contributed by atoms with Crippen molar-refractivity contribution in [3.05, 3.63) is 18.3 Å². The number of hydrogen-bond acceptors (Lipinski definition) is 5. The maximum Gasteiger partial charge on any atom is 0.253 e. The van der Waals surface area contributed by atoms with Gasteiger partial charge in [0.25, 0.3) is 5.89 Å². The van der Waals surface area contributed by atoms with E-state index in [-0.39, 0.29) is 5.60 Å². The Labute approximate surface area is 111 Å². The highest BCUT2D eigenvalue weighted by molar-refractivity contribution is 5.42. The van der Waals surface area contributed by atoms with Crippen molar-refractivity contribution in [3.8, 4) is 11.6 Å². The first-order valence-corrected chi connectivity index (χ1v) is 6.61. The van der Waals surface area contributed by atoms with E-state index in [0.717, 1.165) is 12.8 Å². The van der Waals surface area contributed by atoms with E-state index in [1.807, 2.05) is 17.8 Å². The summed E-state index contributed by atoms with van der Waals surface area (Å²) in [4.78, 5) is 8.51. The number of aryl methyl sites for hydroxylation is 1. The molecule has 1 aliphatic rings. The summed E-state index contributed by atoms with van der Waals surface area (Å²) in [5.74, 6) is 1.70. The second-order valence-corrected chi connectivity index (χ2v) is 5.32. The first kappa shape index (κ1) is 12.3. The molecule has 3 rings (SSSR count). The van der Waals surface area contributed by atoms with Crippen molar-refractivity contribution in [3.63, 3.8) is 0 Å². The Balaban J connectivity index is 1.67. The molecule has 1 fully saturated rings. The van der Waals surface area contributed by atoms with E-state index in [1.165, 1.54) is 12.8 Å². The van der Waals surface area contributed by atoms with Gasteiger partial charge in [0.2, 0.25) is 5.82 Å². The third-order valence-electron chi connectivity index (χ3n) is 3.69. The Hall–Kier alpha value is -1.69. The maximum atomic E-state index is 5.91. The average Bonchev–Trinajstić information content (AvgIpc) is 3.08. The molecule has 0 amide bonds. The van der Waals surface area contributed by atoms with Gasteiger partial charge in [0, 0.05) is 19.4 Å². The van der Waals surface area contributed by atoms with E-state index in [2.05, 4.69) is 22.0 Å². The van der Waals surface area contributed by atoms with E-state index in [9.17, 15) is 0 Å². The van der Waals surface area contributed by atoms with Crippen LogP contribution in [0, 0.1) is 0 Å². The highest BCUT2D eigenvalue weighted by Crippen LogP contribution is 2.33. The maximum absolute atomic E-state index is 5.91. The summed E-state index contributed by atoms with van der Waals surface area (Å²) in [6.07, 6.45) is 8.24. The van der Waals surface area contributed by atoms with Crippen LogP contribution in [0.1, 0.15) is 38.5 Å². The molecule has 0 saturated heterocycles. The SMILES string of the molecule is Cn1ccnc1-c1noc(COC2(C)CCCC2)n1. The van der Waals surface area contributed by atoms with Gasteiger partial charge in [-0.2, -0.15) is 4.98 Å². The van der Waals surface area contributed by atoms with Crippen molar-refractivity contribution in [2.45, 2.75) is 44.8 Å². The number of hydrogen-bond donors (Lipinski definition) is 0. The molecule has 0 aromatic carbocycles. The van der Waals surface area contributed by atoms with Crippen LogP contribution >= 0.6 is 0 Å². The van der Waals surface area contributed by atoms with Gasteiger partial charge in [0.05, 0.1) is 5.60 Å². The highest BCUT2D eigenvalue weighted by atomic mass is 16.5. The molecule has 0 radical (unpaired) electrons. The molecule has 6 heteroatoms. The van der Waals surface area contributed by atoms with Gasteiger partial charge in [0.1, 0.15) is 6.61 Å². The summed E-state index contributed by atoms with van der Waals surface area (Å²) < 4.78 is 13.0. The highest BCUT2D eigenvalue weighted by Gasteiger charge is 2.30. The lowest BCUT2D eigenvalue weighted by Gasteiger charge is -2.22. The standard InChI is InChI=1S/C13H18N4O2/c1-13(5-3-4-6-13)18-9-10-15-11(16-19-10)12-14-7-8-17(12)2/h7-8H,3-6,9H2,1-2H3. The monoisotopic (exact) mass is 262 g/mol. The summed E-state index contributed by atoms with van der Waals surface area (Å²) in [5.41, 5.74) is -0.0299. The molecule has 2 heterocycles. The van der Waals surface area contributed by atoms with Crippen LogP contribution in [0.3, 0.4) is 0 Å². The second kappa shape index (κ2) is 4.77. The molecule has 2 aromatic rings. The van der Waals surface area contributed by atoms with E-state index in [4.69, 9.17) is 9.26 Å². The van der Waals surface area contributed by atoms with E-state index in [0.29, 0.717) is 24.1 Å². The van der Waals surface area contributed by atoms with Crippen LogP contribution < -0.4 is 0 Å². The number of ether oxygens (including phenoxy) is 1. The summed E-state index contributed by atoms with van der Waals surface area (Å²) in [6, 6.07) is 0. The minimum atomic E-state index is -0.0299. The predicted molar refractivity (Wildman–Crippen MR) is 68.2 cm³/mol. The molecule has 0 N–H and O–H groups in total. The lowest BCUT2D eigenvalue weighted by Crippen LogP contribution is -2.23. The molecule has 0 unspecified atom stereocenters. The third kappa shape index (κ3) is 2.53. The number of rotatable bonds is 4. The van der Waals surface area contributed by atoms with Crippen molar-refractivity contribution >= 4 is 0 Å². The largest absolute Gasteiger partial charge is 0.365 e. The molecule has 1 aliphatic carbocycles. The lowest BCUT2D eigenvalue weighted by atomic mass is 10.1. The minimum Gasteiger partial charge on any atom is -0.365 e. The minimum absolute atomic E-state index is 0.0299. The fraction of sp³-hybridized carbons (Fsp3) is 0.615. The fourth-order valence-corrected chi connectivity index (χ4v) is 2.49. The van der Waals surface area contributed by atoms with Crippen LogP contribution in [0.2, 0.25) is 0 Å². The zero-order chi connectivity index (χ0) is 13.3. The Morgan fingerprint density at radius 2 is 2.21 bits per heavy atom. The Morgan fingerprint density at radius 3 is 2.89 bits per heavy atom. The molecule has 2 aromatic heterocycles. The van der Waals surface area contributed by atoms with Crippen LogP contribution in [0.4, 0.5) is 0 Å². The molecule has 0 spiro atoms. The van der Waals surface area contributed by atoms with Crippen LogP contribution in [0.5, 0.6) is 0 Å². The average molecular weight is 262 g/mol. The Morgan fingerprint density at radius 1 is 1.42 bits per heavy atom. The van der Waals surface area contributed by atoms with Crippen molar-refractivity contribution in [2.24, 2.45) is 7.05 Å². The molecule has 6 nitrogen and oxygen atoms in total. The Kier molecular flexibility index (Phi) is 3.10. The lowest BCUT2D eigenvalue weighted by molar-refractivity contribution is -0.0473. The first-order chi connectivity index (χ1) is 9.16. The van der Waals surface area contributed by atoms with Crippen LogP contribution in [0.25, 0.3) is 11.6 Å². The van der Waals surface area contributed by atoms with Crippen molar-refractivity contribution in [1.29, 1.82) is 0 Å². The molecule has 102 valence electrons. The van der Waals surface area contributed by atoms with Crippen molar-refractivity contribution in [2.75, 3.05) is 0 Å². The predicted octanol–water partition coefficient (Wildman–Crippen LogP) is 2.32. The Bertz CT molecular complexity index is 554. The summed E-state index contributed by atoms with van der Waals surface area (Å²) >= 11 is 0. The van der Waals surface area contributed by atoms with Crippen LogP contribution in [-0.4, -0.2) is 25.3 Å². The summed E-state index contributed by atoms with van der Waals surface area (Å²) in [5, 5.41) is 3.94. The van der Waals surface area contributed by atoms with Gasteiger partial charge in [-0.3, -0.25) is 0 Å². The van der Waals surface area contributed by atoms with Crippen molar-refractivity contribution in [1.82, 2.24) is 19.7 Å². The van der Waals surface area contributed by atoms with Gasteiger partial charge in [-0.1, -0.05) is 18.0 Å². The van der Waals surface area contributed by atoms with Gasteiger partial charge in [0.15, 0.2) is 5.82 Å². The third-order valence-corrected chi connectivity index (χ3v) is 3.69. The smallest absolute Gasteiger partial charge is 0.253 e. The number of nitrogens with zero attached hydrogens (tertiary/aromatic N) is 4. The second-order valence-electron chi connectivity index (χ2n) is 5.32. The fourth-order valence-electron chi connectivity index (χ4n) is 2.49. The quantitative estimate of drug-likeness (QED) is 0.846. The summed E-state index contributed by atoms with van der Waals surface area (Å²) in [7, 11) is 1.90. The van der Waals surface area contributed by atoms with Crippen molar-refractivity contribution < 1.29 is 9.26 Å². The van der Waals surface area contributed by atoms with E-state index in [1.54, 1.807) is 6.20 Å². The molecular weight excluding hydrogens is 244 g/mol. The summed E-state index contributed by atoms with van der Waals surface area (Å²) in [6.45, 7) is 2.52. The molecule has 1 saturated carbocycles. The van der Waals surface area contributed by atoms with Crippen LogP contribution in [-0.2, 0) is 18.4 Å². The number of imidazole rings is 1. The van der Waals surface area contributed by atoms with Gasteiger partial charge in [-0.25, -0.2) is 4.98 Å². The molecule has 19 heavy (non-hydrogen) atoms. The zero-order valence-electron chi connectivity index (χ0n) is 11.3. The molecular formula is C13H18N4O2. The van der Waals surface area contributed by atoms with Gasteiger partial charge in [-0.15, -0.1) is 0 Å². The van der Waals surface area contributed by atoms with E-state index >= 15 is 0 Å². The van der Waals surface area contributed by atoms with Gasteiger partial charge < -0.3 is 13.8 Å². The molecule has 0 aliphatic heterocycles. The van der Waals surface area contributed by atoms with Crippen LogP contribution in [0.15, 0.2) is 16.9 Å². The van der Waals surface area contributed by atoms with Gasteiger partial charge in [-0.05, 0) is 19.8 Å². The number of aromatic nitrogens is 4.